The summed E-state index contributed by atoms with van der Waals surface area (Å²) < 4.78 is 25.6. The number of aryl methyl sites for hydroxylation is 1. The topological polar surface area (TPSA) is 76.1 Å². The van der Waals surface area contributed by atoms with Crippen molar-refractivity contribution in [1.29, 1.82) is 0 Å². The van der Waals surface area contributed by atoms with Gasteiger partial charge in [-0.25, -0.2) is 4.39 Å². The maximum atomic E-state index is 15.0. The van der Waals surface area contributed by atoms with Gasteiger partial charge in [-0.15, -0.1) is 0 Å². The number of Topliss-reactive ketones (excluding diaryl/α,β-unsaturated/α-hetero) is 1. The van der Waals surface area contributed by atoms with Crippen LogP contribution in [0, 0.1) is 12.7 Å². The lowest BCUT2D eigenvalue weighted by Crippen LogP contribution is -2.30. The van der Waals surface area contributed by atoms with Crippen LogP contribution >= 0.6 is 0 Å². The average molecular weight is 447 g/mol. The summed E-state index contributed by atoms with van der Waals surface area (Å²) in [4.78, 5) is 27.7. The van der Waals surface area contributed by atoms with E-state index in [-0.39, 0.29) is 22.4 Å². The molecular weight excluding hydrogens is 425 g/mol. The molecule has 0 spiro atoms. The number of methoxy groups -OCH3 is 2. The number of carbonyl (C=O) groups is 2. The van der Waals surface area contributed by atoms with Crippen LogP contribution in [-0.2, 0) is 9.59 Å². The molecule has 1 unspecified atom stereocenters. The van der Waals surface area contributed by atoms with Crippen molar-refractivity contribution >= 4 is 23.1 Å². The molecular formula is C26H22FNO5. The second-order valence-electron chi connectivity index (χ2n) is 7.54. The van der Waals surface area contributed by atoms with Gasteiger partial charge in [0.05, 0.1) is 31.4 Å². The third kappa shape index (κ3) is 3.71. The van der Waals surface area contributed by atoms with E-state index in [1.54, 1.807) is 49.4 Å². The predicted molar refractivity (Wildman–Crippen MR) is 122 cm³/mol. The van der Waals surface area contributed by atoms with E-state index in [0.717, 1.165) is 5.56 Å². The highest BCUT2D eigenvalue weighted by molar-refractivity contribution is 6.51. The first kappa shape index (κ1) is 22.1. The highest BCUT2D eigenvalue weighted by Crippen LogP contribution is 2.45. The number of halogens is 1. The number of para-hydroxylation sites is 1. The van der Waals surface area contributed by atoms with E-state index >= 15 is 0 Å². The fourth-order valence-electron chi connectivity index (χ4n) is 4.05. The third-order valence-corrected chi connectivity index (χ3v) is 5.68. The lowest BCUT2D eigenvalue weighted by molar-refractivity contribution is -0.132. The molecule has 6 nitrogen and oxygen atoms in total. The molecule has 0 aromatic heterocycles. The predicted octanol–water partition coefficient (Wildman–Crippen LogP) is 4.78. The molecule has 33 heavy (non-hydrogen) atoms. The van der Waals surface area contributed by atoms with Crippen molar-refractivity contribution in [2.75, 3.05) is 19.1 Å². The summed E-state index contributed by atoms with van der Waals surface area (Å²) >= 11 is 0. The number of nitrogens with zero attached hydrogens (tertiary/aromatic N) is 1. The first-order valence-corrected chi connectivity index (χ1v) is 10.2. The summed E-state index contributed by atoms with van der Waals surface area (Å²) in [5.41, 5.74) is 1.17. The van der Waals surface area contributed by atoms with Crippen LogP contribution in [0.25, 0.3) is 5.76 Å². The highest BCUT2D eigenvalue weighted by Gasteiger charge is 2.48. The van der Waals surface area contributed by atoms with Gasteiger partial charge in [0, 0.05) is 11.3 Å². The summed E-state index contributed by atoms with van der Waals surface area (Å²) in [7, 11) is 2.88. The van der Waals surface area contributed by atoms with Crippen molar-refractivity contribution in [3.05, 3.63) is 94.8 Å². The zero-order valence-corrected chi connectivity index (χ0v) is 18.3. The molecule has 1 saturated heterocycles. The molecule has 1 aliphatic rings. The molecule has 168 valence electrons. The molecule has 1 fully saturated rings. The minimum absolute atomic E-state index is 0.0865. The number of ether oxygens (including phenoxy) is 2. The smallest absolute Gasteiger partial charge is 0.300 e. The van der Waals surface area contributed by atoms with Gasteiger partial charge >= 0.3 is 0 Å². The SMILES string of the molecule is COc1ccc(OC)c(/C(O)=C2\C(=O)C(=O)N(c3ccccc3C)C2c2ccccc2F)c1. The van der Waals surface area contributed by atoms with Gasteiger partial charge in [-0.1, -0.05) is 36.4 Å². The zero-order chi connectivity index (χ0) is 23.7. The van der Waals surface area contributed by atoms with Gasteiger partial charge < -0.3 is 14.6 Å². The number of anilines is 1. The van der Waals surface area contributed by atoms with E-state index < -0.39 is 29.3 Å². The fraction of sp³-hybridized carbons (Fsp3) is 0.154. The summed E-state index contributed by atoms with van der Waals surface area (Å²) in [5.74, 6) is -2.19. The summed E-state index contributed by atoms with van der Waals surface area (Å²) in [6.07, 6.45) is 0. The van der Waals surface area contributed by atoms with Gasteiger partial charge in [0.1, 0.15) is 23.1 Å². The van der Waals surface area contributed by atoms with E-state index in [1.165, 1.54) is 43.4 Å². The Morgan fingerprint density at radius 3 is 2.33 bits per heavy atom. The van der Waals surface area contributed by atoms with Gasteiger partial charge in [-0.2, -0.15) is 0 Å². The molecule has 0 bridgehead atoms. The number of aliphatic hydroxyl groups excluding tert-OH is 1. The molecule has 1 heterocycles. The van der Waals surface area contributed by atoms with Gasteiger partial charge in [-0.3, -0.25) is 14.5 Å². The lowest BCUT2D eigenvalue weighted by Gasteiger charge is -2.27. The van der Waals surface area contributed by atoms with E-state index in [0.29, 0.717) is 11.4 Å². The number of hydrogen-bond donors (Lipinski definition) is 1. The number of ketones is 1. The number of carbonyl (C=O) groups excluding carboxylic acids is 2. The lowest BCUT2D eigenvalue weighted by atomic mass is 9.94. The molecule has 0 radical (unpaired) electrons. The molecule has 3 aromatic carbocycles. The van der Waals surface area contributed by atoms with Gasteiger partial charge in [0.15, 0.2) is 0 Å². The van der Waals surface area contributed by atoms with Crippen molar-refractivity contribution in [2.24, 2.45) is 0 Å². The van der Waals surface area contributed by atoms with Crippen molar-refractivity contribution in [2.45, 2.75) is 13.0 Å². The fourth-order valence-corrected chi connectivity index (χ4v) is 4.05. The quantitative estimate of drug-likeness (QED) is 0.346. The number of amides is 1. The Morgan fingerprint density at radius 1 is 0.970 bits per heavy atom. The Bertz CT molecular complexity index is 1280. The number of rotatable bonds is 5. The van der Waals surface area contributed by atoms with Crippen LogP contribution in [0.15, 0.2) is 72.3 Å². The second kappa shape index (κ2) is 8.78. The normalized spacial score (nSPS) is 17.3. The van der Waals surface area contributed by atoms with Gasteiger partial charge in [0.25, 0.3) is 11.7 Å². The minimum Gasteiger partial charge on any atom is -0.507 e. The molecule has 1 N–H and O–H groups in total. The van der Waals surface area contributed by atoms with Crippen LogP contribution in [0.5, 0.6) is 11.5 Å². The number of benzene rings is 3. The largest absolute Gasteiger partial charge is 0.507 e. The second-order valence-corrected chi connectivity index (χ2v) is 7.54. The summed E-state index contributed by atoms with van der Waals surface area (Å²) in [5, 5.41) is 11.3. The minimum atomic E-state index is -1.18. The molecule has 1 aliphatic heterocycles. The van der Waals surface area contributed by atoms with E-state index in [1.807, 2.05) is 0 Å². The Morgan fingerprint density at radius 2 is 1.67 bits per heavy atom. The Kier molecular flexibility index (Phi) is 5.87. The monoisotopic (exact) mass is 447 g/mol. The van der Waals surface area contributed by atoms with Crippen molar-refractivity contribution in [3.8, 4) is 11.5 Å². The Labute approximate surface area is 190 Å². The Hall–Kier alpha value is -4.13. The maximum absolute atomic E-state index is 15.0. The summed E-state index contributed by atoms with van der Waals surface area (Å²) in [6, 6.07) is 16.4. The number of hydrogen-bond acceptors (Lipinski definition) is 5. The standard InChI is InChI=1S/C26H22FNO5/c1-15-8-4-7-11-20(15)28-23(17-9-5-6-10-19(17)27)22(25(30)26(28)31)24(29)18-14-16(32-2)12-13-21(18)33-3/h4-14,23,29H,1-3H3/b24-22+. The van der Waals surface area contributed by atoms with Gasteiger partial charge in [-0.05, 0) is 42.8 Å². The van der Waals surface area contributed by atoms with Crippen LogP contribution in [-0.4, -0.2) is 31.0 Å². The first-order valence-electron chi connectivity index (χ1n) is 10.2. The van der Waals surface area contributed by atoms with Crippen molar-refractivity contribution < 1.29 is 28.6 Å². The third-order valence-electron chi connectivity index (χ3n) is 5.68. The summed E-state index contributed by atoms with van der Waals surface area (Å²) in [6.45, 7) is 1.79. The molecule has 1 atom stereocenters. The molecule has 4 rings (SSSR count). The van der Waals surface area contributed by atoms with E-state index in [4.69, 9.17) is 9.47 Å². The van der Waals surface area contributed by atoms with E-state index in [2.05, 4.69) is 0 Å². The molecule has 3 aromatic rings. The van der Waals surface area contributed by atoms with E-state index in [9.17, 15) is 19.1 Å². The molecule has 0 aliphatic carbocycles. The molecule has 7 heteroatoms. The average Bonchev–Trinajstić information content (AvgIpc) is 3.09. The first-order chi connectivity index (χ1) is 15.9. The van der Waals surface area contributed by atoms with Crippen molar-refractivity contribution in [3.63, 3.8) is 0 Å². The highest BCUT2D eigenvalue weighted by atomic mass is 19.1. The van der Waals surface area contributed by atoms with Crippen LogP contribution in [0.2, 0.25) is 0 Å². The van der Waals surface area contributed by atoms with Gasteiger partial charge in [0.2, 0.25) is 0 Å². The maximum Gasteiger partial charge on any atom is 0.300 e. The van der Waals surface area contributed by atoms with Crippen molar-refractivity contribution in [1.82, 2.24) is 0 Å². The van der Waals surface area contributed by atoms with Crippen LogP contribution in [0.1, 0.15) is 22.7 Å². The molecule has 1 amide bonds. The van der Waals surface area contributed by atoms with Crippen LogP contribution < -0.4 is 14.4 Å². The Balaban J connectivity index is 2.03. The van der Waals surface area contributed by atoms with Crippen LogP contribution in [0.4, 0.5) is 10.1 Å². The zero-order valence-electron chi connectivity index (χ0n) is 18.3. The number of aliphatic hydroxyl groups is 1. The molecule has 0 saturated carbocycles. The van der Waals surface area contributed by atoms with Crippen LogP contribution in [0.3, 0.4) is 0 Å².